The summed E-state index contributed by atoms with van der Waals surface area (Å²) in [6, 6.07) is 1.53. The van der Waals surface area contributed by atoms with E-state index >= 15 is 4.39 Å². The molecule has 0 unspecified atom stereocenters. The lowest BCUT2D eigenvalue weighted by atomic mass is 10.1. The number of rotatable bonds is 3. The van der Waals surface area contributed by atoms with Crippen LogP contribution in [-0.2, 0) is 24.8 Å². The number of pyridine rings is 1. The molecule has 32 heavy (non-hydrogen) atoms. The molecule has 1 aliphatic heterocycles. The van der Waals surface area contributed by atoms with Crippen LogP contribution in [0.4, 0.5) is 14.9 Å². The predicted molar refractivity (Wildman–Crippen MR) is 119 cm³/mol. The van der Waals surface area contributed by atoms with Gasteiger partial charge in [-0.1, -0.05) is 0 Å². The zero-order valence-corrected chi connectivity index (χ0v) is 19.8. The van der Waals surface area contributed by atoms with Crippen molar-refractivity contribution in [3.63, 3.8) is 0 Å². The van der Waals surface area contributed by atoms with E-state index in [2.05, 4.69) is 11.1 Å². The van der Waals surface area contributed by atoms with Crippen molar-refractivity contribution in [2.24, 2.45) is 7.05 Å². The van der Waals surface area contributed by atoms with Crippen LogP contribution in [0.2, 0.25) is 0 Å². The number of carbonyl (C=O) groups excluding carboxylic acids is 1. The molecule has 2 aromatic heterocycles. The van der Waals surface area contributed by atoms with Crippen molar-refractivity contribution in [2.75, 3.05) is 18.0 Å². The fourth-order valence-electron chi connectivity index (χ4n) is 4.25. The summed E-state index contributed by atoms with van der Waals surface area (Å²) in [4.78, 5) is 33.4. The molecular formula is C22H31FN6O3. The monoisotopic (exact) mass is 446 g/mol. The SMILES string of the molecule is CCn1c(CC#N)nc2c(N3C[C@@H](C)N(C(=O)OC(C)(C)C)C[C@@H]3C)c(F)c(=O)n(C)c21. The fourth-order valence-corrected chi connectivity index (χ4v) is 4.25. The van der Waals surface area contributed by atoms with Gasteiger partial charge in [0.15, 0.2) is 0 Å². The van der Waals surface area contributed by atoms with Gasteiger partial charge in [-0.3, -0.25) is 9.36 Å². The molecule has 0 N–H and O–H groups in total. The highest BCUT2D eigenvalue weighted by Crippen LogP contribution is 2.32. The van der Waals surface area contributed by atoms with E-state index in [1.807, 2.05) is 41.5 Å². The number of nitriles is 1. The van der Waals surface area contributed by atoms with E-state index in [9.17, 15) is 14.9 Å². The topological polar surface area (TPSA) is 96.4 Å². The zero-order valence-electron chi connectivity index (χ0n) is 19.8. The number of ether oxygens (including phenoxy) is 1. The summed E-state index contributed by atoms with van der Waals surface area (Å²) in [7, 11) is 1.51. The Morgan fingerprint density at radius 3 is 2.50 bits per heavy atom. The van der Waals surface area contributed by atoms with Crippen molar-refractivity contribution in [3.05, 3.63) is 22.0 Å². The Bertz CT molecular complexity index is 1140. The normalized spacial score (nSPS) is 19.3. The average molecular weight is 447 g/mol. The molecule has 2 atom stereocenters. The first kappa shape index (κ1) is 23.6. The van der Waals surface area contributed by atoms with Gasteiger partial charge in [0.25, 0.3) is 5.56 Å². The Kier molecular flexibility index (Phi) is 6.22. The van der Waals surface area contributed by atoms with Gasteiger partial charge in [0, 0.05) is 38.8 Å². The van der Waals surface area contributed by atoms with E-state index in [4.69, 9.17) is 4.74 Å². The number of anilines is 1. The number of imidazole rings is 1. The first-order valence-electron chi connectivity index (χ1n) is 10.8. The lowest BCUT2D eigenvalue weighted by Crippen LogP contribution is -2.59. The van der Waals surface area contributed by atoms with Gasteiger partial charge in [-0.2, -0.15) is 9.65 Å². The first-order valence-corrected chi connectivity index (χ1v) is 10.8. The van der Waals surface area contributed by atoms with Crippen molar-refractivity contribution in [1.82, 2.24) is 19.0 Å². The molecule has 174 valence electrons. The quantitative estimate of drug-likeness (QED) is 0.719. The van der Waals surface area contributed by atoms with E-state index in [-0.39, 0.29) is 24.2 Å². The van der Waals surface area contributed by atoms with E-state index in [1.54, 1.807) is 14.4 Å². The van der Waals surface area contributed by atoms with E-state index in [1.165, 1.54) is 11.6 Å². The largest absolute Gasteiger partial charge is 0.444 e. The molecule has 1 aliphatic rings. The third-order valence-electron chi connectivity index (χ3n) is 5.72. The molecule has 10 heteroatoms. The van der Waals surface area contributed by atoms with Gasteiger partial charge >= 0.3 is 6.09 Å². The fraction of sp³-hybridized carbons (Fsp3) is 0.636. The molecule has 1 saturated heterocycles. The van der Waals surface area contributed by atoms with Crippen LogP contribution in [0.15, 0.2) is 4.79 Å². The summed E-state index contributed by atoms with van der Waals surface area (Å²) in [6.07, 6.45) is -0.367. The van der Waals surface area contributed by atoms with Crippen molar-refractivity contribution < 1.29 is 13.9 Å². The third-order valence-corrected chi connectivity index (χ3v) is 5.72. The summed E-state index contributed by atoms with van der Waals surface area (Å²) < 4.78 is 23.9. The number of hydrogen-bond acceptors (Lipinski definition) is 6. The maximum absolute atomic E-state index is 15.4. The predicted octanol–water partition coefficient (Wildman–Crippen LogP) is 2.79. The number of amides is 1. The molecule has 3 heterocycles. The molecule has 0 aromatic carbocycles. The molecule has 1 fully saturated rings. The third kappa shape index (κ3) is 4.04. The van der Waals surface area contributed by atoms with Crippen molar-refractivity contribution >= 4 is 22.9 Å². The lowest BCUT2D eigenvalue weighted by Gasteiger charge is -2.45. The Morgan fingerprint density at radius 2 is 1.94 bits per heavy atom. The molecule has 3 rings (SSSR count). The first-order chi connectivity index (χ1) is 14.9. The Labute approximate surface area is 187 Å². The maximum atomic E-state index is 15.4. The van der Waals surface area contributed by atoms with Crippen LogP contribution < -0.4 is 10.5 Å². The van der Waals surface area contributed by atoms with Gasteiger partial charge in [0.05, 0.1) is 12.5 Å². The van der Waals surface area contributed by atoms with Gasteiger partial charge in [0.2, 0.25) is 5.82 Å². The van der Waals surface area contributed by atoms with Gasteiger partial charge < -0.3 is 19.1 Å². The van der Waals surface area contributed by atoms with E-state index in [0.717, 1.165) is 0 Å². The van der Waals surface area contributed by atoms with Crippen LogP contribution in [0.3, 0.4) is 0 Å². The van der Waals surface area contributed by atoms with Gasteiger partial charge in [0.1, 0.15) is 28.3 Å². The van der Waals surface area contributed by atoms with Crippen LogP contribution >= 0.6 is 0 Å². The average Bonchev–Trinajstić information content (AvgIpc) is 3.05. The van der Waals surface area contributed by atoms with Crippen LogP contribution in [-0.4, -0.2) is 55.9 Å². The van der Waals surface area contributed by atoms with Crippen LogP contribution in [0.5, 0.6) is 0 Å². The molecule has 2 aromatic rings. The highest BCUT2D eigenvalue weighted by Gasteiger charge is 2.37. The molecular weight excluding hydrogens is 415 g/mol. The lowest BCUT2D eigenvalue weighted by molar-refractivity contribution is 0.0130. The zero-order chi connectivity index (χ0) is 24.0. The second-order valence-corrected chi connectivity index (χ2v) is 9.29. The molecule has 1 amide bonds. The standard InChI is InChI=1S/C22H31FN6O3/c1-8-27-15(9-10-24)25-17-18(16(23)20(30)26(7)19(17)27)28-11-14(3)29(12-13(28)2)21(31)32-22(4,5)6/h13-14H,8-9,11-12H2,1-7H3/t13-,14+/m0/s1. The minimum Gasteiger partial charge on any atom is -0.444 e. The number of carbonyl (C=O) groups is 1. The summed E-state index contributed by atoms with van der Waals surface area (Å²) in [6.45, 7) is 12.2. The van der Waals surface area contributed by atoms with E-state index < -0.39 is 23.1 Å². The number of fused-ring (bicyclic) bond motifs is 1. The summed E-state index contributed by atoms with van der Waals surface area (Å²) in [5.74, 6) is -0.394. The van der Waals surface area contributed by atoms with Crippen molar-refractivity contribution in [3.8, 4) is 6.07 Å². The van der Waals surface area contributed by atoms with E-state index in [0.29, 0.717) is 36.6 Å². The minimum absolute atomic E-state index is 0.0517. The summed E-state index contributed by atoms with van der Waals surface area (Å²) in [5.41, 5.74) is -0.418. The van der Waals surface area contributed by atoms with Crippen molar-refractivity contribution in [1.29, 1.82) is 5.26 Å². The number of piperazine rings is 1. The van der Waals surface area contributed by atoms with Crippen LogP contribution in [0.1, 0.15) is 47.4 Å². The minimum atomic E-state index is -0.881. The number of nitrogens with zero attached hydrogens (tertiary/aromatic N) is 6. The number of aromatic nitrogens is 3. The molecule has 9 nitrogen and oxygen atoms in total. The molecule has 0 aliphatic carbocycles. The molecule has 0 saturated carbocycles. The van der Waals surface area contributed by atoms with Crippen LogP contribution in [0.25, 0.3) is 11.2 Å². The Morgan fingerprint density at radius 1 is 1.28 bits per heavy atom. The smallest absolute Gasteiger partial charge is 0.410 e. The highest BCUT2D eigenvalue weighted by molar-refractivity contribution is 5.88. The molecule has 0 radical (unpaired) electrons. The number of halogens is 1. The Balaban J connectivity index is 2.10. The second kappa shape index (κ2) is 8.45. The number of hydrogen-bond donors (Lipinski definition) is 0. The van der Waals surface area contributed by atoms with Gasteiger partial charge in [-0.05, 0) is 41.5 Å². The molecule has 0 spiro atoms. The van der Waals surface area contributed by atoms with Gasteiger partial charge in [-0.15, -0.1) is 0 Å². The van der Waals surface area contributed by atoms with Crippen molar-refractivity contribution in [2.45, 2.75) is 72.2 Å². The second-order valence-electron chi connectivity index (χ2n) is 9.29. The summed E-state index contributed by atoms with van der Waals surface area (Å²) in [5, 5.41) is 9.19. The number of aryl methyl sites for hydroxylation is 2. The molecule has 0 bridgehead atoms. The highest BCUT2D eigenvalue weighted by atomic mass is 19.1. The van der Waals surface area contributed by atoms with Crippen LogP contribution in [0, 0.1) is 17.1 Å². The van der Waals surface area contributed by atoms with Gasteiger partial charge in [-0.25, -0.2) is 9.78 Å². The Hall–Kier alpha value is -3.09. The summed E-state index contributed by atoms with van der Waals surface area (Å²) >= 11 is 0. The maximum Gasteiger partial charge on any atom is 0.410 e.